The summed E-state index contributed by atoms with van der Waals surface area (Å²) in [4.78, 5) is 0. The molecular formula is C13H19F9N4O4S2. The predicted octanol–water partition coefficient (Wildman–Crippen LogP) is 3.38. The first kappa shape index (κ1) is 30.2. The number of nitrogens with one attached hydrogen (secondary N) is 1. The number of nitrogens with zero attached hydrogens (tertiary/aromatic N) is 3. The normalized spacial score (nSPS) is 18.7. The Hall–Kier alpha value is -1.76. The maximum Gasteiger partial charge on any atom is 0.517 e. The second kappa shape index (κ2) is 9.62. The van der Waals surface area contributed by atoms with Crippen molar-refractivity contribution in [2.75, 3.05) is 13.6 Å². The highest BCUT2D eigenvalue weighted by atomic mass is 32.3. The number of hydrogen-bond acceptors (Lipinski definition) is 7. The van der Waals surface area contributed by atoms with Gasteiger partial charge in [0.15, 0.2) is 0 Å². The number of hydrazine groups is 1. The van der Waals surface area contributed by atoms with Crippen LogP contribution in [0.2, 0.25) is 0 Å². The van der Waals surface area contributed by atoms with Crippen molar-refractivity contribution in [2.24, 2.45) is 0 Å². The Balaban J connectivity index is 0.000000726. The van der Waals surface area contributed by atoms with E-state index in [9.17, 15) is 56.3 Å². The van der Waals surface area contributed by atoms with E-state index in [1.807, 2.05) is 0 Å². The fourth-order valence-corrected chi connectivity index (χ4v) is 4.87. The van der Waals surface area contributed by atoms with Crippen LogP contribution < -0.4 is 0 Å². The lowest BCUT2D eigenvalue weighted by Crippen LogP contribution is -2.55. The highest BCUT2D eigenvalue weighted by Crippen LogP contribution is 2.37. The first-order valence-electron chi connectivity index (χ1n) is 8.22. The summed E-state index contributed by atoms with van der Waals surface area (Å²) in [5.41, 5.74) is -12.3. The van der Waals surface area contributed by atoms with Gasteiger partial charge in [0, 0.05) is 25.3 Å². The molecule has 32 heavy (non-hydrogen) atoms. The summed E-state index contributed by atoms with van der Waals surface area (Å²) in [6.07, 6.45) is -2.90. The molecule has 19 heteroatoms. The Morgan fingerprint density at radius 3 is 1.59 bits per heavy atom. The van der Waals surface area contributed by atoms with E-state index in [1.165, 1.54) is 12.1 Å². The molecule has 0 fully saturated rings. The van der Waals surface area contributed by atoms with Gasteiger partial charge in [-0.3, -0.25) is 5.41 Å². The molecule has 1 atom stereocenters. The molecule has 0 radical (unpaired) electrons. The molecule has 1 N–H and O–H groups in total. The van der Waals surface area contributed by atoms with Crippen LogP contribution in [0.1, 0.15) is 27.2 Å². The lowest BCUT2D eigenvalue weighted by molar-refractivity contribution is -0.0690. The van der Waals surface area contributed by atoms with Crippen molar-refractivity contribution in [3.63, 3.8) is 0 Å². The van der Waals surface area contributed by atoms with Crippen molar-refractivity contribution in [2.45, 2.75) is 50.4 Å². The Labute approximate surface area is 177 Å². The molecule has 1 heterocycles. The number of amidine groups is 1. The Morgan fingerprint density at radius 1 is 1.00 bits per heavy atom. The molecule has 1 unspecified atom stereocenters. The van der Waals surface area contributed by atoms with Gasteiger partial charge in [-0.05, 0) is 26.3 Å². The van der Waals surface area contributed by atoms with Gasteiger partial charge in [-0.2, -0.15) is 56.3 Å². The number of alkyl halides is 9. The van der Waals surface area contributed by atoms with Crippen LogP contribution in [-0.2, 0) is 20.0 Å². The van der Waals surface area contributed by atoms with Gasteiger partial charge in [-0.15, -0.1) is 3.71 Å². The lowest BCUT2D eigenvalue weighted by Gasteiger charge is -2.30. The van der Waals surface area contributed by atoms with Crippen LogP contribution in [0.15, 0.2) is 11.8 Å². The smallest absolute Gasteiger partial charge is 0.313 e. The van der Waals surface area contributed by atoms with Crippen molar-refractivity contribution >= 4 is 25.9 Å². The maximum atomic E-state index is 12.0. The van der Waals surface area contributed by atoms with Crippen LogP contribution in [0.5, 0.6) is 0 Å². The maximum absolute atomic E-state index is 12.0. The number of rotatable bonds is 4. The minimum absolute atomic E-state index is 0.583. The van der Waals surface area contributed by atoms with E-state index in [2.05, 4.69) is 43.9 Å². The molecule has 1 aliphatic heterocycles. The topological polar surface area (TPSA) is 102 Å². The summed E-state index contributed by atoms with van der Waals surface area (Å²) in [5, 5.41) is 10.6. The molecule has 1 aliphatic rings. The summed E-state index contributed by atoms with van der Waals surface area (Å²) in [5.74, 6) is -3.89. The molecule has 0 spiro atoms. The Bertz CT molecular complexity index is 881. The van der Waals surface area contributed by atoms with E-state index in [0.29, 0.717) is 6.04 Å². The third-order valence-electron chi connectivity index (χ3n) is 3.77. The van der Waals surface area contributed by atoms with E-state index < -0.39 is 46.8 Å². The first-order chi connectivity index (χ1) is 13.9. The molecule has 0 bridgehead atoms. The molecule has 190 valence electrons. The molecule has 0 aromatic heterocycles. The van der Waals surface area contributed by atoms with Crippen LogP contribution >= 0.6 is 0 Å². The Morgan fingerprint density at radius 2 is 1.38 bits per heavy atom. The summed E-state index contributed by atoms with van der Waals surface area (Å²) in [6, 6.07) is 0.583. The minimum Gasteiger partial charge on any atom is -0.313 e. The molecule has 0 amide bonds. The first-order valence-corrected chi connectivity index (χ1v) is 11.1. The summed E-state index contributed by atoms with van der Waals surface area (Å²) >= 11 is 0. The second-order valence-corrected chi connectivity index (χ2v) is 9.97. The quantitative estimate of drug-likeness (QED) is 0.340. The zero-order valence-corrected chi connectivity index (χ0v) is 18.4. The van der Waals surface area contributed by atoms with Gasteiger partial charge in [0.1, 0.15) is 0 Å². The predicted molar refractivity (Wildman–Crippen MR) is 93.5 cm³/mol. The van der Waals surface area contributed by atoms with Gasteiger partial charge < -0.3 is 5.01 Å². The van der Waals surface area contributed by atoms with Crippen LogP contribution in [0, 0.1) is 5.41 Å². The van der Waals surface area contributed by atoms with E-state index >= 15 is 0 Å². The van der Waals surface area contributed by atoms with Gasteiger partial charge in [-0.1, -0.05) is 6.92 Å². The van der Waals surface area contributed by atoms with Gasteiger partial charge in [0.25, 0.3) is 0 Å². The third kappa shape index (κ3) is 6.40. The second-order valence-electron chi connectivity index (χ2n) is 6.18. The molecule has 0 aliphatic carbocycles. The molecule has 0 aromatic carbocycles. The van der Waals surface area contributed by atoms with Gasteiger partial charge in [0.2, 0.25) is 5.84 Å². The minimum atomic E-state index is -7.68. The highest BCUT2D eigenvalue weighted by Gasteiger charge is 2.65. The van der Waals surface area contributed by atoms with Crippen LogP contribution in [-0.4, -0.2) is 73.2 Å². The van der Waals surface area contributed by atoms with Crippen molar-refractivity contribution in [3.05, 3.63) is 11.8 Å². The fraction of sp³-hybridized carbons (Fsp3) is 0.769. The summed E-state index contributed by atoms with van der Waals surface area (Å²) in [6.45, 7) is 7.77. The van der Waals surface area contributed by atoms with Gasteiger partial charge in [-0.25, -0.2) is 5.01 Å². The van der Waals surface area contributed by atoms with E-state index in [1.54, 1.807) is 0 Å². The van der Waals surface area contributed by atoms with Crippen LogP contribution in [0.25, 0.3) is 0 Å². The van der Waals surface area contributed by atoms with E-state index in [-0.39, 0.29) is 0 Å². The van der Waals surface area contributed by atoms with Gasteiger partial charge in [0.05, 0.1) is 0 Å². The highest BCUT2D eigenvalue weighted by molar-refractivity contribution is 8.05. The van der Waals surface area contributed by atoms with Crippen LogP contribution in [0.4, 0.5) is 39.5 Å². The molecule has 0 saturated heterocycles. The SMILES string of the molecule is CCCN1C(C)C=C(C)N1C.N=C(N(S(=O)(=O)C(F)(F)F)S(=O)(=O)C(F)(F)F)C(F)(F)F. The number of hydrogen-bond donors (Lipinski definition) is 1. The zero-order chi connectivity index (χ0) is 26.1. The van der Waals surface area contributed by atoms with Crippen molar-refractivity contribution in [1.82, 2.24) is 13.7 Å². The fourth-order valence-electron chi connectivity index (χ4n) is 2.26. The molecule has 1 rings (SSSR count). The number of halogens is 9. The van der Waals surface area contributed by atoms with Crippen molar-refractivity contribution < 1.29 is 56.3 Å². The van der Waals surface area contributed by atoms with Crippen molar-refractivity contribution in [3.8, 4) is 0 Å². The molecular weight excluding hydrogens is 511 g/mol. The van der Waals surface area contributed by atoms with E-state index in [4.69, 9.17) is 5.41 Å². The van der Waals surface area contributed by atoms with Gasteiger partial charge >= 0.3 is 37.2 Å². The monoisotopic (exact) mass is 530 g/mol. The number of allylic oxidation sites excluding steroid dienone is 1. The standard InChI is InChI=1S/C9H18N2.C4HF9N2O4S2/c1-5-6-11-9(3)7-8(2)10(11)4;5-2(6,7)1(14)15(20(16,17)3(8,9)10)21(18,19)4(11,12)13/h7,9H,5-6H2,1-4H3;14H. The zero-order valence-electron chi connectivity index (χ0n) is 16.8. The summed E-state index contributed by atoms with van der Waals surface area (Å²) < 4.78 is 148. The van der Waals surface area contributed by atoms with Crippen molar-refractivity contribution in [1.29, 1.82) is 5.41 Å². The molecule has 8 nitrogen and oxygen atoms in total. The largest absolute Gasteiger partial charge is 0.517 e. The number of sulfonamides is 2. The summed E-state index contributed by atoms with van der Waals surface area (Å²) in [7, 11) is -13.2. The third-order valence-corrected chi connectivity index (χ3v) is 7.36. The average molecular weight is 530 g/mol. The van der Waals surface area contributed by atoms with E-state index in [0.717, 1.165) is 6.54 Å². The Kier molecular flexibility index (Phi) is 9.09. The lowest BCUT2D eigenvalue weighted by atomic mass is 10.3. The molecule has 0 saturated carbocycles. The molecule has 0 aromatic rings. The average Bonchev–Trinajstić information content (AvgIpc) is 2.78. The van der Waals surface area contributed by atoms with Crippen LogP contribution in [0.3, 0.4) is 0 Å².